The van der Waals surface area contributed by atoms with Crippen LogP contribution in [0, 0.1) is 13.8 Å². The molecule has 1 atom stereocenters. The summed E-state index contributed by atoms with van der Waals surface area (Å²) in [5.74, 6) is 1.48. The van der Waals surface area contributed by atoms with Crippen molar-refractivity contribution in [3.63, 3.8) is 0 Å². The first-order chi connectivity index (χ1) is 13.5. The van der Waals surface area contributed by atoms with Crippen LogP contribution in [0.1, 0.15) is 51.2 Å². The van der Waals surface area contributed by atoms with Crippen LogP contribution in [0.25, 0.3) is 5.65 Å². The fraction of sp³-hybridized carbons (Fsp3) is 0.400. The van der Waals surface area contributed by atoms with Gasteiger partial charge in [0, 0.05) is 34.4 Å². The molecule has 0 aromatic carbocycles. The van der Waals surface area contributed by atoms with E-state index < -0.39 is 0 Å². The predicted octanol–water partition coefficient (Wildman–Crippen LogP) is 3.98. The van der Waals surface area contributed by atoms with E-state index >= 15 is 0 Å². The van der Waals surface area contributed by atoms with Crippen LogP contribution < -0.4 is 5.32 Å². The van der Waals surface area contributed by atoms with E-state index in [0.29, 0.717) is 5.82 Å². The number of amides is 1. The number of aromatic nitrogens is 3. The fourth-order valence-corrected chi connectivity index (χ4v) is 4.55. The van der Waals surface area contributed by atoms with Gasteiger partial charge in [-0.1, -0.05) is 6.07 Å². The minimum atomic E-state index is -0.238. The van der Waals surface area contributed by atoms with E-state index in [1.54, 1.807) is 23.1 Å². The smallest absolute Gasteiger partial charge is 0.221 e. The van der Waals surface area contributed by atoms with E-state index in [0.717, 1.165) is 33.1 Å². The van der Waals surface area contributed by atoms with Crippen LogP contribution in [0.3, 0.4) is 0 Å². The molecule has 1 N–H and O–H groups in total. The van der Waals surface area contributed by atoms with Crippen molar-refractivity contribution in [1.29, 1.82) is 0 Å². The summed E-state index contributed by atoms with van der Waals surface area (Å²) < 4.78 is 1.90. The molecule has 0 saturated carbocycles. The third kappa shape index (κ3) is 4.80. The SMILES string of the molecule is CSCC[C@H](NC(=O)CCC(=O)c1cc(C)sc1C)c1nnc2ccccn12. The van der Waals surface area contributed by atoms with Crippen LogP contribution in [-0.4, -0.2) is 38.3 Å². The molecular formula is C20H24N4O2S2. The van der Waals surface area contributed by atoms with Gasteiger partial charge >= 0.3 is 0 Å². The standard InChI is InChI=1S/C20H24N4O2S2/c1-13-12-15(14(2)28-13)17(25)7-8-19(26)21-16(9-11-27-3)20-23-22-18-6-4-5-10-24(18)20/h4-6,10,12,16H,7-9,11H2,1-3H3,(H,21,26)/t16-/m0/s1. The Morgan fingerprint density at radius 3 is 2.79 bits per heavy atom. The maximum atomic E-state index is 12.5. The fourth-order valence-electron chi connectivity index (χ4n) is 3.13. The third-order valence-corrected chi connectivity index (χ3v) is 6.13. The van der Waals surface area contributed by atoms with E-state index in [9.17, 15) is 9.59 Å². The Labute approximate surface area is 172 Å². The van der Waals surface area contributed by atoms with Crippen molar-refractivity contribution in [2.24, 2.45) is 0 Å². The molecule has 0 bridgehead atoms. The van der Waals surface area contributed by atoms with Gasteiger partial charge in [-0.2, -0.15) is 11.8 Å². The van der Waals surface area contributed by atoms with Crippen LogP contribution in [-0.2, 0) is 4.79 Å². The molecule has 0 spiro atoms. The summed E-state index contributed by atoms with van der Waals surface area (Å²) in [7, 11) is 0. The lowest BCUT2D eigenvalue weighted by atomic mass is 10.1. The maximum Gasteiger partial charge on any atom is 0.221 e. The van der Waals surface area contributed by atoms with Crippen molar-refractivity contribution in [2.75, 3.05) is 12.0 Å². The van der Waals surface area contributed by atoms with Gasteiger partial charge in [0.25, 0.3) is 0 Å². The Kier molecular flexibility index (Phi) is 6.85. The number of rotatable bonds is 9. The maximum absolute atomic E-state index is 12.5. The van der Waals surface area contributed by atoms with Gasteiger partial charge in [-0.05, 0) is 50.5 Å². The molecule has 0 saturated heterocycles. The zero-order valence-corrected chi connectivity index (χ0v) is 17.9. The minimum absolute atomic E-state index is 0.0191. The Hall–Kier alpha value is -2.19. The Morgan fingerprint density at radius 2 is 2.07 bits per heavy atom. The summed E-state index contributed by atoms with van der Waals surface area (Å²) >= 11 is 3.33. The zero-order chi connectivity index (χ0) is 20.1. The first-order valence-corrected chi connectivity index (χ1v) is 11.4. The molecule has 3 aromatic rings. The Bertz CT molecular complexity index is 980. The van der Waals surface area contributed by atoms with E-state index in [2.05, 4.69) is 15.5 Å². The Balaban J connectivity index is 1.66. The molecule has 148 valence electrons. The van der Waals surface area contributed by atoms with Crippen molar-refractivity contribution in [3.05, 3.63) is 51.6 Å². The van der Waals surface area contributed by atoms with Crippen LogP contribution in [0.15, 0.2) is 30.5 Å². The van der Waals surface area contributed by atoms with Crippen molar-refractivity contribution in [2.45, 2.75) is 39.2 Å². The summed E-state index contributed by atoms with van der Waals surface area (Å²) in [6, 6.07) is 7.37. The second-order valence-corrected chi connectivity index (χ2v) is 9.08. The van der Waals surface area contributed by atoms with Gasteiger partial charge in [0.15, 0.2) is 17.3 Å². The normalized spacial score (nSPS) is 12.2. The molecule has 28 heavy (non-hydrogen) atoms. The van der Waals surface area contributed by atoms with Crippen LogP contribution in [0.2, 0.25) is 0 Å². The number of fused-ring (bicyclic) bond motifs is 1. The van der Waals surface area contributed by atoms with Gasteiger partial charge in [0.2, 0.25) is 5.91 Å². The number of hydrogen-bond acceptors (Lipinski definition) is 6. The molecule has 0 aliphatic carbocycles. The number of hydrogen-bond donors (Lipinski definition) is 1. The molecule has 0 radical (unpaired) electrons. The number of pyridine rings is 1. The number of aryl methyl sites for hydroxylation is 2. The van der Waals surface area contributed by atoms with Crippen LogP contribution in [0.5, 0.6) is 0 Å². The summed E-state index contributed by atoms with van der Waals surface area (Å²) in [6.45, 7) is 3.93. The predicted molar refractivity (Wildman–Crippen MR) is 114 cm³/mol. The van der Waals surface area contributed by atoms with Gasteiger partial charge in [-0.15, -0.1) is 21.5 Å². The average Bonchev–Trinajstić information content (AvgIpc) is 3.26. The zero-order valence-electron chi connectivity index (χ0n) is 16.3. The molecular weight excluding hydrogens is 392 g/mol. The molecule has 0 unspecified atom stereocenters. The lowest BCUT2D eigenvalue weighted by Crippen LogP contribution is -2.30. The first kappa shape index (κ1) is 20.5. The van der Waals surface area contributed by atoms with E-state index in [4.69, 9.17) is 0 Å². The molecule has 3 rings (SSSR count). The number of Topliss-reactive ketones (excluding diaryl/α,β-unsaturated/α-hetero) is 1. The topological polar surface area (TPSA) is 76.4 Å². The Morgan fingerprint density at radius 1 is 1.25 bits per heavy atom. The quantitative estimate of drug-likeness (QED) is 0.534. The highest BCUT2D eigenvalue weighted by Gasteiger charge is 2.21. The van der Waals surface area contributed by atoms with E-state index in [1.807, 2.05) is 55.0 Å². The average molecular weight is 417 g/mol. The molecule has 8 heteroatoms. The highest BCUT2D eigenvalue weighted by atomic mass is 32.2. The molecule has 6 nitrogen and oxygen atoms in total. The second-order valence-electron chi connectivity index (χ2n) is 6.64. The lowest BCUT2D eigenvalue weighted by molar-refractivity contribution is -0.121. The molecule has 1 amide bonds. The molecule has 3 aromatic heterocycles. The van der Waals surface area contributed by atoms with Gasteiger partial charge in [-0.3, -0.25) is 14.0 Å². The number of carbonyl (C=O) groups is 2. The van der Waals surface area contributed by atoms with Crippen molar-refractivity contribution >= 4 is 40.4 Å². The summed E-state index contributed by atoms with van der Waals surface area (Å²) in [4.78, 5) is 27.1. The molecule has 0 aliphatic heterocycles. The van der Waals surface area contributed by atoms with Crippen LogP contribution >= 0.6 is 23.1 Å². The molecule has 3 heterocycles. The summed E-state index contributed by atoms with van der Waals surface area (Å²) in [6.07, 6.45) is 5.05. The minimum Gasteiger partial charge on any atom is -0.346 e. The number of nitrogens with one attached hydrogen (secondary N) is 1. The van der Waals surface area contributed by atoms with Gasteiger partial charge in [0.1, 0.15) is 0 Å². The van der Waals surface area contributed by atoms with Crippen molar-refractivity contribution in [3.8, 4) is 0 Å². The second kappa shape index (κ2) is 9.34. The largest absolute Gasteiger partial charge is 0.346 e. The highest BCUT2D eigenvalue weighted by molar-refractivity contribution is 7.98. The lowest BCUT2D eigenvalue weighted by Gasteiger charge is -2.17. The van der Waals surface area contributed by atoms with E-state index in [-0.39, 0.29) is 30.6 Å². The monoisotopic (exact) mass is 416 g/mol. The number of ketones is 1. The van der Waals surface area contributed by atoms with Crippen molar-refractivity contribution in [1.82, 2.24) is 19.9 Å². The number of thiophene rings is 1. The number of thioether (sulfide) groups is 1. The number of carbonyl (C=O) groups excluding carboxylic acids is 2. The molecule has 0 aliphatic rings. The first-order valence-electron chi connectivity index (χ1n) is 9.17. The third-order valence-electron chi connectivity index (χ3n) is 4.52. The summed E-state index contributed by atoms with van der Waals surface area (Å²) in [5, 5.41) is 11.5. The van der Waals surface area contributed by atoms with Crippen LogP contribution in [0.4, 0.5) is 0 Å². The summed E-state index contributed by atoms with van der Waals surface area (Å²) in [5.41, 5.74) is 1.48. The van der Waals surface area contributed by atoms with Crippen molar-refractivity contribution < 1.29 is 9.59 Å². The van der Waals surface area contributed by atoms with E-state index in [1.165, 1.54) is 0 Å². The number of nitrogens with zero attached hydrogens (tertiary/aromatic N) is 3. The molecule has 0 fully saturated rings. The van der Waals surface area contributed by atoms with Gasteiger partial charge in [-0.25, -0.2) is 0 Å². The highest BCUT2D eigenvalue weighted by Crippen LogP contribution is 2.23. The van der Waals surface area contributed by atoms with Gasteiger partial charge in [0.05, 0.1) is 6.04 Å². The van der Waals surface area contributed by atoms with Gasteiger partial charge < -0.3 is 5.32 Å².